The molecule has 0 N–H and O–H groups in total. The number of nitrogens with zero attached hydrogens (tertiary/aromatic N) is 4. The predicted octanol–water partition coefficient (Wildman–Crippen LogP) is 1.19. The molecule has 0 spiro atoms. The Morgan fingerprint density at radius 2 is 1.89 bits per heavy atom. The number of aromatic nitrogens is 1. The van der Waals surface area contributed by atoms with Crippen LogP contribution in [0.3, 0.4) is 0 Å². The molecule has 2 aromatic rings. The second-order valence-electron chi connectivity index (χ2n) is 6.84. The van der Waals surface area contributed by atoms with Crippen molar-refractivity contribution in [3.8, 4) is 0 Å². The number of sulfonamides is 1. The van der Waals surface area contributed by atoms with Gasteiger partial charge in [-0.15, -0.1) is 0 Å². The second-order valence-corrected chi connectivity index (χ2v) is 8.78. The fraction of sp³-hybridized carbons (Fsp3) is 0.444. The first-order valence-corrected chi connectivity index (χ1v) is 10.2. The van der Waals surface area contributed by atoms with Gasteiger partial charge in [0.2, 0.25) is 10.0 Å². The van der Waals surface area contributed by atoms with E-state index in [0.717, 1.165) is 11.5 Å². The van der Waals surface area contributed by atoms with E-state index in [1.54, 1.807) is 26.2 Å². The van der Waals surface area contributed by atoms with E-state index in [9.17, 15) is 13.2 Å². The third-order valence-electron chi connectivity index (χ3n) is 4.51. The molecule has 3 rings (SSSR count). The van der Waals surface area contributed by atoms with Crippen molar-refractivity contribution in [3.05, 3.63) is 47.3 Å². The summed E-state index contributed by atoms with van der Waals surface area (Å²) >= 11 is 0. The fourth-order valence-corrected chi connectivity index (χ4v) is 4.50. The van der Waals surface area contributed by atoms with Crippen molar-refractivity contribution in [3.63, 3.8) is 0 Å². The van der Waals surface area contributed by atoms with Crippen LogP contribution in [0.15, 0.2) is 39.8 Å². The average Bonchev–Trinajstić information content (AvgIpc) is 3.06. The van der Waals surface area contributed by atoms with Gasteiger partial charge in [0.15, 0.2) is 5.76 Å². The molecular formula is C18H24N4O4S. The Balaban J connectivity index is 1.68. The van der Waals surface area contributed by atoms with Gasteiger partial charge in [-0.25, -0.2) is 8.42 Å². The molecule has 1 amide bonds. The normalized spacial score (nSPS) is 16.4. The number of carbonyl (C=O) groups is 1. The quantitative estimate of drug-likeness (QED) is 0.760. The molecule has 2 heterocycles. The Morgan fingerprint density at radius 1 is 1.19 bits per heavy atom. The zero-order valence-corrected chi connectivity index (χ0v) is 16.6. The van der Waals surface area contributed by atoms with Gasteiger partial charge < -0.3 is 9.42 Å². The highest BCUT2D eigenvalue weighted by Crippen LogP contribution is 2.20. The summed E-state index contributed by atoms with van der Waals surface area (Å²) in [5.41, 5.74) is 1.19. The van der Waals surface area contributed by atoms with E-state index in [1.165, 1.54) is 21.3 Å². The molecule has 1 aromatic carbocycles. The van der Waals surface area contributed by atoms with Crippen molar-refractivity contribution in [1.29, 1.82) is 0 Å². The third-order valence-corrected chi connectivity index (χ3v) is 6.41. The first kappa shape index (κ1) is 19.5. The lowest BCUT2D eigenvalue weighted by Gasteiger charge is -2.33. The van der Waals surface area contributed by atoms with Gasteiger partial charge in [0, 0.05) is 51.9 Å². The lowest BCUT2D eigenvalue weighted by atomic mass is 10.2. The van der Waals surface area contributed by atoms with E-state index in [4.69, 9.17) is 4.52 Å². The van der Waals surface area contributed by atoms with Gasteiger partial charge in [-0.05, 0) is 25.1 Å². The van der Waals surface area contributed by atoms with Gasteiger partial charge in [-0.3, -0.25) is 9.69 Å². The summed E-state index contributed by atoms with van der Waals surface area (Å²) in [5, 5.41) is 3.87. The number of benzene rings is 1. The first-order valence-electron chi connectivity index (χ1n) is 8.74. The first-order chi connectivity index (χ1) is 12.8. The molecule has 0 unspecified atom stereocenters. The van der Waals surface area contributed by atoms with Crippen LogP contribution in [0.5, 0.6) is 0 Å². The number of piperazine rings is 1. The van der Waals surface area contributed by atoms with Crippen LogP contribution in [0.4, 0.5) is 0 Å². The fourth-order valence-electron chi connectivity index (χ4n) is 3.04. The van der Waals surface area contributed by atoms with Crippen molar-refractivity contribution in [2.75, 3.05) is 40.3 Å². The number of hydrogen-bond donors (Lipinski definition) is 0. The minimum Gasteiger partial charge on any atom is -0.360 e. The summed E-state index contributed by atoms with van der Waals surface area (Å²) < 4.78 is 32.6. The molecule has 1 fully saturated rings. The third kappa shape index (κ3) is 4.37. The van der Waals surface area contributed by atoms with Crippen molar-refractivity contribution < 1.29 is 17.7 Å². The van der Waals surface area contributed by atoms with Crippen molar-refractivity contribution in [1.82, 2.24) is 19.3 Å². The Bertz CT molecular complexity index is 915. The van der Waals surface area contributed by atoms with E-state index in [0.29, 0.717) is 38.3 Å². The Labute approximate surface area is 159 Å². The Morgan fingerprint density at radius 3 is 2.48 bits per heavy atom. The molecule has 8 nitrogen and oxygen atoms in total. The molecule has 1 aromatic heterocycles. The largest absolute Gasteiger partial charge is 0.360 e. The molecule has 1 aliphatic rings. The van der Waals surface area contributed by atoms with E-state index in [1.807, 2.05) is 13.0 Å². The van der Waals surface area contributed by atoms with Gasteiger partial charge in [0.1, 0.15) is 0 Å². The van der Waals surface area contributed by atoms with Crippen LogP contribution in [0.2, 0.25) is 0 Å². The number of aryl methyl sites for hydroxylation is 1. The summed E-state index contributed by atoms with van der Waals surface area (Å²) in [5.74, 6) is 0.554. The molecule has 0 atom stereocenters. The van der Waals surface area contributed by atoms with E-state index in [-0.39, 0.29) is 10.8 Å². The SMILES string of the molecule is Cc1cc(CN2CCN(S(=O)(=O)c3cccc(C(=O)N(C)C)c3)CC2)on1. The van der Waals surface area contributed by atoms with E-state index >= 15 is 0 Å². The van der Waals surface area contributed by atoms with Crippen molar-refractivity contribution in [2.24, 2.45) is 0 Å². The molecular weight excluding hydrogens is 368 g/mol. The maximum absolute atomic E-state index is 13.0. The molecule has 0 radical (unpaired) electrons. The number of amides is 1. The van der Waals surface area contributed by atoms with Gasteiger partial charge >= 0.3 is 0 Å². The number of carbonyl (C=O) groups excluding carboxylic acids is 1. The van der Waals surface area contributed by atoms with Crippen LogP contribution >= 0.6 is 0 Å². The minimum atomic E-state index is -3.64. The van der Waals surface area contributed by atoms with Crippen LogP contribution in [-0.2, 0) is 16.6 Å². The molecule has 146 valence electrons. The van der Waals surface area contributed by atoms with Crippen LogP contribution in [0.25, 0.3) is 0 Å². The monoisotopic (exact) mass is 392 g/mol. The topological polar surface area (TPSA) is 87.0 Å². The van der Waals surface area contributed by atoms with Crippen LogP contribution < -0.4 is 0 Å². The van der Waals surface area contributed by atoms with Crippen molar-refractivity contribution >= 4 is 15.9 Å². The lowest BCUT2D eigenvalue weighted by Crippen LogP contribution is -2.48. The van der Waals surface area contributed by atoms with Crippen molar-refractivity contribution in [2.45, 2.75) is 18.4 Å². The summed E-state index contributed by atoms with van der Waals surface area (Å²) in [6, 6.07) is 8.09. The van der Waals surface area contributed by atoms with E-state index < -0.39 is 10.0 Å². The molecule has 1 saturated heterocycles. The van der Waals surface area contributed by atoms with Crippen LogP contribution in [0, 0.1) is 6.92 Å². The maximum atomic E-state index is 13.0. The summed E-state index contributed by atoms with van der Waals surface area (Å²) in [6.45, 7) is 4.47. The Kier molecular flexibility index (Phi) is 5.64. The zero-order valence-electron chi connectivity index (χ0n) is 15.8. The van der Waals surface area contributed by atoms with Crippen LogP contribution in [0.1, 0.15) is 21.8 Å². The number of hydrogen-bond acceptors (Lipinski definition) is 6. The van der Waals surface area contributed by atoms with Gasteiger partial charge in [-0.1, -0.05) is 11.2 Å². The summed E-state index contributed by atoms with van der Waals surface area (Å²) in [7, 11) is -0.360. The summed E-state index contributed by atoms with van der Waals surface area (Å²) in [6.07, 6.45) is 0. The predicted molar refractivity (Wildman–Crippen MR) is 99.7 cm³/mol. The van der Waals surface area contributed by atoms with E-state index in [2.05, 4.69) is 10.1 Å². The molecule has 1 aliphatic heterocycles. The standard InChI is InChI=1S/C18H24N4O4S/c1-14-11-16(26-19-14)13-21-7-9-22(10-8-21)27(24,25)17-6-4-5-15(12-17)18(23)20(2)3/h4-6,11-12H,7-10,13H2,1-3H3. The zero-order chi connectivity index (χ0) is 19.6. The smallest absolute Gasteiger partial charge is 0.253 e. The highest BCUT2D eigenvalue weighted by molar-refractivity contribution is 7.89. The summed E-state index contributed by atoms with van der Waals surface area (Å²) in [4.78, 5) is 15.8. The molecule has 0 saturated carbocycles. The van der Waals surface area contributed by atoms with Crippen LogP contribution in [-0.4, -0.2) is 73.9 Å². The highest BCUT2D eigenvalue weighted by atomic mass is 32.2. The molecule has 27 heavy (non-hydrogen) atoms. The average molecular weight is 392 g/mol. The highest BCUT2D eigenvalue weighted by Gasteiger charge is 2.29. The molecule has 9 heteroatoms. The van der Waals surface area contributed by atoms with Gasteiger partial charge in [0.05, 0.1) is 17.1 Å². The maximum Gasteiger partial charge on any atom is 0.253 e. The van der Waals surface area contributed by atoms with Gasteiger partial charge in [0.25, 0.3) is 5.91 Å². The number of rotatable bonds is 5. The van der Waals surface area contributed by atoms with Gasteiger partial charge in [-0.2, -0.15) is 4.31 Å². The minimum absolute atomic E-state index is 0.148. The Hall–Kier alpha value is -2.23. The molecule has 0 aliphatic carbocycles. The second kappa shape index (κ2) is 7.79. The lowest BCUT2D eigenvalue weighted by molar-refractivity contribution is 0.0827. The molecule has 0 bridgehead atoms.